The number of aliphatic hydroxyl groups is 1. The highest BCUT2D eigenvalue weighted by molar-refractivity contribution is 5.38. The van der Waals surface area contributed by atoms with Crippen molar-refractivity contribution in [1.29, 1.82) is 0 Å². The Labute approximate surface area is 64.0 Å². The summed E-state index contributed by atoms with van der Waals surface area (Å²) in [6.07, 6.45) is 1.48. The molecule has 1 fully saturated rings. The molecule has 0 aromatic carbocycles. The smallest absolute Gasteiger partial charge is 0.217 e. The molecule has 1 aromatic rings. The normalized spacial score (nSPS) is 20.2. The van der Waals surface area contributed by atoms with Crippen molar-refractivity contribution in [3.05, 3.63) is 11.6 Å². The zero-order valence-electron chi connectivity index (χ0n) is 6.29. The number of nitrogens with two attached hydrogens (primary N) is 1. The molecule has 11 heavy (non-hydrogen) atoms. The van der Waals surface area contributed by atoms with E-state index in [1.165, 1.54) is 0 Å². The van der Waals surface area contributed by atoms with Gasteiger partial charge in [-0.15, -0.1) is 0 Å². The molecule has 60 valence electrons. The van der Waals surface area contributed by atoms with Gasteiger partial charge in [0.2, 0.25) is 5.88 Å². The van der Waals surface area contributed by atoms with Gasteiger partial charge in [-0.1, -0.05) is 0 Å². The van der Waals surface area contributed by atoms with Gasteiger partial charge in [-0.3, -0.25) is 0 Å². The second-order valence-electron chi connectivity index (χ2n) is 2.98. The molecule has 0 radical (unpaired) electrons. The van der Waals surface area contributed by atoms with E-state index in [1.807, 2.05) is 0 Å². The number of nitrogen functional groups attached to an aromatic ring is 1. The fourth-order valence-electron chi connectivity index (χ4n) is 1.13. The highest BCUT2D eigenvalue weighted by Crippen LogP contribution is 2.46. The Morgan fingerprint density at radius 3 is 2.64 bits per heavy atom. The molecule has 0 saturated heterocycles. The summed E-state index contributed by atoms with van der Waals surface area (Å²) in [6.45, 7) is 1.71. The van der Waals surface area contributed by atoms with E-state index >= 15 is 0 Å². The first-order chi connectivity index (χ1) is 5.12. The Kier molecular flexibility index (Phi) is 1.07. The highest BCUT2D eigenvalue weighted by atomic mass is 16.4. The van der Waals surface area contributed by atoms with Crippen LogP contribution in [0.1, 0.15) is 24.4 Å². The van der Waals surface area contributed by atoms with Crippen LogP contribution in [0.15, 0.2) is 4.42 Å². The van der Waals surface area contributed by atoms with Crippen LogP contribution in [0.5, 0.6) is 0 Å². The van der Waals surface area contributed by atoms with Gasteiger partial charge in [-0.25, -0.2) is 4.98 Å². The zero-order chi connectivity index (χ0) is 8.06. The minimum Gasteiger partial charge on any atom is -0.425 e. The summed E-state index contributed by atoms with van der Waals surface area (Å²) < 4.78 is 4.99. The largest absolute Gasteiger partial charge is 0.425 e. The number of anilines is 1. The third kappa shape index (κ3) is 0.903. The van der Waals surface area contributed by atoms with Gasteiger partial charge in [0.15, 0.2) is 5.89 Å². The van der Waals surface area contributed by atoms with E-state index in [1.54, 1.807) is 6.92 Å². The van der Waals surface area contributed by atoms with E-state index in [-0.39, 0.29) is 5.88 Å². The Bertz CT molecular complexity index is 289. The van der Waals surface area contributed by atoms with Gasteiger partial charge in [-0.05, 0) is 12.8 Å². The molecule has 0 unspecified atom stereocenters. The van der Waals surface area contributed by atoms with Crippen LogP contribution < -0.4 is 5.73 Å². The summed E-state index contributed by atoms with van der Waals surface area (Å²) >= 11 is 0. The maximum absolute atomic E-state index is 9.59. The molecule has 1 saturated carbocycles. The molecular formula is C7H10N2O2. The van der Waals surface area contributed by atoms with E-state index in [0.717, 1.165) is 12.8 Å². The Balaban J connectivity index is 2.44. The van der Waals surface area contributed by atoms with E-state index in [4.69, 9.17) is 10.2 Å². The molecule has 1 aromatic heterocycles. The van der Waals surface area contributed by atoms with Gasteiger partial charge >= 0.3 is 0 Å². The van der Waals surface area contributed by atoms with Gasteiger partial charge < -0.3 is 15.3 Å². The summed E-state index contributed by atoms with van der Waals surface area (Å²) in [4.78, 5) is 4.00. The topological polar surface area (TPSA) is 72.3 Å². The maximum Gasteiger partial charge on any atom is 0.217 e. The zero-order valence-corrected chi connectivity index (χ0v) is 6.29. The van der Waals surface area contributed by atoms with Crippen molar-refractivity contribution in [3.8, 4) is 0 Å². The first-order valence-corrected chi connectivity index (χ1v) is 3.57. The van der Waals surface area contributed by atoms with Crippen LogP contribution in [0.2, 0.25) is 0 Å². The van der Waals surface area contributed by atoms with Crippen LogP contribution >= 0.6 is 0 Å². The molecular weight excluding hydrogens is 144 g/mol. The van der Waals surface area contributed by atoms with Crippen molar-refractivity contribution >= 4 is 5.88 Å². The molecule has 1 aliphatic carbocycles. The number of aryl methyl sites for hydroxylation is 1. The number of nitrogens with zero attached hydrogens (tertiary/aromatic N) is 1. The quantitative estimate of drug-likeness (QED) is 0.619. The summed E-state index contributed by atoms with van der Waals surface area (Å²) in [5.41, 5.74) is 5.21. The molecule has 4 nitrogen and oxygen atoms in total. The van der Waals surface area contributed by atoms with E-state index in [0.29, 0.717) is 11.6 Å². The first kappa shape index (κ1) is 6.67. The number of aromatic nitrogens is 1. The number of hydrogen-bond donors (Lipinski definition) is 2. The van der Waals surface area contributed by atoms with Crippen molar-refractivity contribution in [1.82, 2.24) is 4.98 Å². The molecule has 1 heterocycles. The Hall–Kier alpha value is -1.03. The van der Waals surface area contributed by atoms with Crippen LogP contribution in [0.3, 0.4) is 0 Å². The number of hydrogen-bond acceptors (Lipinski definition) is 4. The monoisotopic (exact) mass is 154 g/mol. The van der Waals surface area contributed by atoms with Crippen molar-refractivity contribution in [2.45, 2.75) is 25.4 Å². The molecule has 0 spiro atoms. The Morgan fingerprint density at radius 2 is 2.27 bits per heavy atom. The second-order valence-corrected chi connectivity index (χ2v) is 2.98. The predicted molar refractivity (Wildman–Crippen MR) is 38.8 cm³/mol. The minimum absolute atomic E-state index is 0.252. The fourth-order valence-corrected chi connectivity index (χ4v) is 1.13. The molecule has 0 amide bonds. The predicted octanol–water partition coefficient (Wildman–Crippen LogP) is 0.547. The molecule has 3 N–H and O–H groups in total. The van der Waals surface area contributed by atoms with Crippen LogP contribution in [-0.4, -0.2) is 10.1 Å². The molecule has 0 aliphatic heterocycles. The van der Waals surface area contributed by atoms with E-state index in [2.05, 4.69) is 4.98 Å². The lowest BCUT2D eigenvalue weighted by molar-refractivity contribution is 0.147. The summed E-state index contributed by atoms with van der Waals surface area (Å²) in [5.74, 6) is 0.764. The standard InChI is InChI=1S/C7H10N2O2/c1-4-9-5(6(8)11-4)7(10)2-3-7/h10H,2-3,8H2,1H3. The second kappa shape index (κ2) is 1.76. The van der Waals surface area contributed by atoms with Gasteiger partial charge in [0.25, 0.3) is 0 Å². The average Bonchev–Trinajstić information content (AvgIpc) is 2.55. The molecule has 4 heteroatoms. The van der Waals surface area contributed by atoms with Crippen molar-refractivity contribution < 1.29 is 9.52 Å². The lowest BCUT2D eigenvalue weighted by Gasteiger charge is -2.00. The summed E-state index contributed by atoms with van der Waals surface area (Å²) in [6, 6.07) is 0. The minimum atomic E-state index is -0.776. The van der Waals surface area contributed by atoms with Crippen molar-refractivity contribution in [2.24, 2.45) is 0 Å². The van der Waals surface area contributed by atoms with E-state index < -0.39 is 5.60 Å². The molecule has 0 bridgehead atoms. The summed E-state index contributed by atoms with van der Waals surface area (Å²) in [7, 11) is 0. The Morgan fingerprint density at radius 1 is 1.64 bits per heavy atom. The molecule has 2 rings (SSSR count). The van der Waals surface area contributed by atoms with Crippen LogP contribution in [0.25, 0.3) is 0 Å². The molecule has 1 aliphatic rings. The van der Waals surface area contributed by atoms with Crippen LogP contribution in [0.4, 0.5) is 5.88 Å². The van der Waals surface area contributed by atoms with Gasteiger partial charge in [0.05, 0.1) is 0 Å². The first-order valence-electron chi connectivity index (χ1n) is 3.57. The van der Waals surface area contributed by atoms with Gasteiger partial charge in [-0.2, -0.15) is 0 Å². The number of rotatable bonds is 1. The summed E-state index contributed by atoms with van der Waals surface area (Å²) in [5, 5.41) is 9.59. The van der Waals surface area contributed by atoms with Crippen molar-refractivity contribution in [3.63, 3.8) is 0 Å². The number of oxazole rings is 1. The van der Waals surface area contributed by atoms with Crippen molar-refractivity contribution in [2.75, 3.05) is 5.73 Å². The fraction of sp³-hybridized carbons (Fsp3) is 0.571. The SMILES string of the molecule is Cc1nc(C2(O)CC2)c(N)o1. The molecule has 0 atom stereocenters. The van der Waals surface area contributed by atoms with Crippen LogP contribution in [-0.2, 0) is 5.60 Å². The van der Waals surface area contributed by atoms with Crippen LogP contribution in [0, 0.1) is 6.92 Å². The lowest BCUT2D eigenvalue weighted by atomic mass is 10.2. The highest BCUT2D eigenvalue weighted by Gasteiger charge is 2.46. The van der Waals surface area contributed by atoms with E-state index in [9.17, 15) is 5.11 Å². The average molecular weight is 154 g/mol. The third-order valence-corrected chi connectivity index (χ3v) is 1.92. The third-order valence-electron chi connectivity index (χ3n) is 1.92. The van der Waals surface area contributed by atoms with Gasteiger partial charge in [0.1, 0.15) is 11.3 Å². The van der Waals surface area contributed by atoms with Gasteiger partial charge in [0, 0.05) is 6.92 Å². The lowest BCUT2D eigenvalue weighted by Crippen LogP contribution is -2.07. The maximum atomic E-state index is 9.59.